The van der Waals surface area contributed by atoms with E-state index in [9.17, 15) is 4.79 Å². The molecule has 1 N–H and O–H groups in total. The molecule has 1 unspecified atom stereocenters. The largest absolute Gasteiger partial charge is 0.485 e. The van der Waals surface area contributed by atoms with Crippen molar-refractivity contribution in [2.75, 3.05) is 6.61 Å². The topological polar surface area (TPSA) is 46.5 Å². The molecule has 0 bridgehead atoms. The molecular weight excluding hydrogens is 132 g/mol. The Hall–Kier alpha value is -0.830. The van der Waals surface area contributed by atoms with Crippen LogP contribution in [0.1, 0.15) is 13.3 Å². The third kappa shape index (κ3) is 0.926. The van der Waals surface area contributed by atoms with Crippen LogP contribution in [0.4, 0.5) is 0 Å². The molecule has 1 rings (SSSR count). The Morgan fingerprint density at radius 2 is 2.60 bits per heavy atom. The van der Waals surface area contributed by atoms with E-state index in [0.29, 0.717) is 6.42 Å². The first kappa shape index (κ1) is 7.28. The molecule has 0 fully saturated rings. The molecule has 0 radical (unpaired) electrons. The highest BCUT2D eigenvalue weighted by Crippen LogP contribution is 2.23. The molecule has 0 saturated heterocycles. The van der Waals surface area contributed by atoms with Gasteiger partial charge in [0.2, 0.25) is 0 Å². The van der Waals surface area contributed by atoms with Gasteiger partial charge in [0.1, 0.15) is 0 Å². The van der Waals surface area contributed by atoms with Crippen LogP contribution in [0.2, 0.25) is 0 Å². The summed E-state index contributed by atoms with van der Waals surface area (Å²) in [6.07, 6.45) is 3.67. The zero-order chi connectivity index (χ0) is 7.61. The molecule has 1 heterocycles. The number of carbonyl (C=O) groups excluding carboxylic acids is 1. The van der Waals surface area contributed by atoms with E-state index >= 15 is 0 Å². The molecule has 3 heteroatoms. The Balaban J connectivity index is 2.70. The van der Waals surface area contributed by atoms with Crippen molar-refractivity contribution < 1.29 is 14.6 Å². The minimum Gasteiger partial charge on any atom is -0.485 e. The van der Waals surface area contributed by atoms with Crippen molar-refractivity contribution in [3.05, 3.63) is 12.3 Å². The number of rotatable bonds is 2. The number of hydrogen-bond donors (Lipinski definition) is 1. The van der Waals surface area contributed by atoms with Crippen LogP contribution >= 0.6 is 0 Å². The van der Waals surface area contributed by atoms with Crippen molar-refractivity contribution in [1.82, 2.24) is 0 Å². The highest BCUT2D eigenvalue weighted by molar-refractivity contribution is 5.85. The maximum absolute atomic E-state index is 10.9. The number of Topliss-reactive ketones (excluding diaryl/α,β-unsaturated/α-hetero) is 1. The average Bonchev–Trinajstić information content (AvgIpc) is 2.35. The quantitative estimate of drug-likeness (QED) is 0.600. The van der Waals surface area contributed by atoms with E-state index in [0.717, 1.165) is 0 Å². The van der Waals surface area contributed by atoms with Crippen LogP contribution in [0, 0.1) is 0 Å². The fourth-order valence-electron chi connectivity index (χ4n) is 0.905. The predicted octanol–water partition coefficient (Wildman–Crippen LogP) is 0.240. The lowest BCUT2D eigenvalue weighted by molar-refractivity contribution is -0.137. The number of aliphatic hydroxyl groups is 1. The van der Waals surface area contributed by atoms with Gasteiger partial charge in [-0.15, -0.1) is 0 Å². The van der Waals surface area contributed by atoms with Crippen LogP contribution < -0.4 is 0 Å². The van der Waals surface area contributed by atoms with E-state index in [-0.39, 0.29) is 12.4 Å². The summed E-state index contributed by atoms with van der Waals surface area (Å²) < 4.78 is 4.97. The zero-order valence-electron chi connectivity index (χ0n) is 5.83. The van der Waals surface area contributed by atoms with Gasteiger partial charge in [0.05, 0.1) is 12.9 Å². The molecule has 0 aromatic heterocycles. The normalized spacial score (nSPS) is 30.2. The minimum absolute atomic E-state index is 0.125. The van der Waals surface area contributed by atoms with Crippen molar-refractivity contribution in [1.29, 1.82) is 0 Å². The number of ether oxygens (including phenoxy) is 1. The number of carbonyl (C=O) groups is 1. The molecule has 1 atom stereocenters. The molecular formula is C7H10O3. The van der Waals surface area contributed by atoms with Crippen molar-refractivity contribution in [2.45, 2.75) is 18.9 Å². The summed E-state index contributed by atoms with van der Waals surface area (Å²) in [5, 5.41) is 8.80. The Morgan fingerprint density at radius 1 is 1.90 bits per heavy atom. The SMILES string of the molecule is CC(=O)C1(CO)CC=CO1. The summed E-state index contributed by atoms with van der Waals surface area (Å²) in [7, 11) is 0. The molecule has 3 nitrogen and oxygen atoms in total. The van der Waals surface area contributed by atoms with Gasteiger partial charge in [-0.3, -0.25) is 4.79 Å². The van der Waals surface area contributed by atoms with Gasteiger partial charge >= 0.3 is 0 Å². The fraction of sp³-hybridized carbons (Fsp3) is 0.571. The third-order valence-corrected chi connectivity index (χ3v) is 1.73. The lowest BCUT2D eigenvalue weighted by Gasteiger charge is -2.22. The molecule has 1 aliphatic heterocycles. The van der Waals surface area contributed by atoms with Gasteiger partial charge in [0, 0.05) is 6.42 Å². The highest BCUT2D eigenvalue weighted by atomic mass is 16.5. The van der Waals surface area contributed by atoms with Gasteiger partial charge in [0.25, 0.3) is 0 Å². The Kier molecular flexibility index (Phi) is 1.76. The van der Waals surface area contributed by atoms with Gasteiger partial charge in [-0.25, -0.2) is 0 Å². The standard InChI is InChI=1S/C7H10O3/c1-6(9)7(5-8)3-2-4-10-7/h2,4,8H,3,5H2,1H3. The molecule has 0 aromatic carbocycles. The second-order valence-electron chi connectivity index (χ2n) is 2.40. The van der Waals surface area contributed by atoms with E-state index in [4.69, 9.17) is 9.84 Å². The van der Waals surface area contributed by atoms with Crippen LogP contribution in [0.25, 0.3) is 0 Å². The smallest absolute Gasteiger partial charge is 0.192 e. The predicted molar refractivity (Wildman–Crippen MR) is 35.3 cm³/mol. The zero-order valence-corrected chi connectivity index (χ0v) is 5.83. The molecule has 0 spiro atoms. The minimum atomic E-state index is -0.958. The summed E-state index contributed by atoms with van der Waals surface area (Å²) in [6.45, 7) is 1.18. The van der Waals surface area contributed by atoms with Crippen molar-refractivity contribution in [2.24, 2.45) is 0 Å². The van der Waals surface area contributed by atoms with Gasteiger partial charge in [0.15, 0.2) is 11.4 Å². The summed E-state index contributed by atoms with van der Waals surface area (Å²) in [4.78, 5) is 10.9. The first-order chi connectivity index (χ1) is 4.71. The molecule has 0 aromatic rings. The summed E-state index contributed by atoms with van der Waals surface area (Å²) in [5.41, 5.74) is -0.958. The molecule has 0 saturated carbocycles. The first-order valence-electron chi connectivity index (χ1n) is 3.16. The van der Waals surface area contributed by atoms with E-state index in [1.807, 2.05) is 0 Å². The average molecular weight is 142 g/mol. The van der Waals surface area contributed by atoms with Gasteiger partial charge < -0.3 is 9.84 Å². The number of hydrogen-bond acceptors (Lipinski definition) is 3. The summed E-state index contributed by atoms with van der Waals surface area (Å²) in [6, 6.07) is 0. The fourth-order valence-corrected chi connectivity index (χ4v) is 0.905. The van der Waals surface area contributed by atoms with E-state index in [1.165, 1.54) is 13.2 Å². The summed E-state index contributed by atoms with van der Waals surface area (Å²) >= 11 is 0. The molecule has 0 amide bonds. The Bertz CT molecular complexity index is 164. The Labute approximate surface area is 59.3 Å². The van der Waals surface area contributed by atoms with E-state index in [1.54, 1.807) is 6.08 Å². The van der Waals surface area contributed by atoms with Crippen LogP contribution in [0.5, 0.6) is 0 Å². The monoisotopic (exact) mass is 142 g/mol. The molecule has 56 valence electrons. The van der Waals surface area contributed by atoms with Gasteiger partial charge in [-0.05, 0) is 13.0 Å². The molecule has 0 aliphatic carbocycles. The second kappa shape index (κ2) is 2.42. The first-order valence-corrected chi connectivity index (χ1v) is 3.16. The van der Waals surface area contributed by atoms with E-state index in [2.05, 4.69) is 0 Å². The van der Waals surface area contributed by atoms with Crippen LogP contribution in [-0.4, -0.2) is 23.1 Å². The van der Waals surface area contributed by atoms with Gasteiger partial charge in [-0.1, -0.05) is 0 Å². The summed E-state index contributed by atoms with van der Waals surface area (Å²) in [5.74, 6) is -0.125. The van der Waals surface area contributed by atoms with Crippen molar-refractivity contribution in [3.8, 4) is 0 Å². The van der Waals surface area contributed by atoms with E-state index < -0.39 is 5.60 Å². The second-order valence-corrected chi connectivity index (χ2v) is 2.40. The van der Waals surface area contributed by atoms with Crippen molar-refractivity contribution >= 4 is 5.78 Å². The molecule has 10 heavy (non-hydrogen) atoms. The maximum Gasteiger partial charge on any atom is 0.192 e. The van der Waals surface area contributed by atoms with Crippen LogP contribution in [-0.2, 0) is 9.53 Å². The van der Waals surface area contributed by atoms with Crippen LogP contribution in [0.3, 0.4) is 0 Å². The number of aliphatic hydroxyl groups excluding tert-OH is 1. The lowest BCUT2D eigenvalue weighted by atomic mass is 9.98. The van der Waals surface area contributed by atoms with Crippen molar-refractivity contribution in [3.63, 3.8) is 0 Å². The van der Waals surface area contributed by atoms with Crippen LogP contribution in [0.15, 0.2) is 12.3 Å². The Morgan fingerprint density at radius 3 is 2.80 bits per heavy atom. The van der Waals surface area contributed by atoms with Gasteiger partial charge in [-0.2, -0.15) is 0 Å². The number of ketones is 1. The highest BCUT2D eigenvalue weighted by Gasteiger charge is 2.37. The maximum atomic E-state index is 10.9. The third-order valence-electron chi connectivity index (χ3n) is 1.73. The lowest BCUT2D eigenvalue weighted by Crippen LogP contribution is -2.39. The molecule has 1 aliphatic rings.